The topological polar surface area (TPSA) is 78.5 Å². The first-order valence-electron chi connectivity index (χ1n) is 6.63. The van der Waals surface area contributed by atoms with E-state index >= 15 is 0 Å². The number of amides is 2. The number of likely N-dealkylation sites (tertiary alicyclic amines) is 1. The molecule has 8 heteroatoms. The average Bonchev–Trinajstić information content (AvgIpc) is 2.40. The van der Waals surface area contributed by atoms with Gasteiger partial charge in [0.1, 0.15) is 5.82 Å². The van der Waals surface area contributed by atoms with Crippen LogP contribution in [-0.4, -0.2) is 44.7 Å². The minimum absolute atomic E-state index is 0.138. The zero-order valence-corrected chi connectivity index (χ0v) is 12.5. The van der Waals surface area contributed by atoms with Crippen LogP contribution in [0.2, 0.25) is 0 Å². The van der Waals surface area contributed by atoms with Crippen LogP contribution in [0.3, 0.4) is 0 Å². The van der Waals surface area contributed by atoms with Crippen LogP contribution >= 0.6 is 0 Å². The maximum Gasteiger partial charge on any atom is 0.321 e. The monoisotopic (exact) mass is 315 g/mol. The number of hydrogen-bond donors (Lipinski definition) is 2. The fraction of sp³-hybridized carbons (Fsp3) is 0.462. The van der Waals surface area contributed by atoms with Gasteiger partial charge >= 0.3 is 6.03 Å². The Labute approximate surface area is 123 Å². The van der Waals surface area contributed by atoms with E-state index in [1.807, 2.05) is 0 Å². The van der Waals surface area contributed by atoms with Gasteiger partial charge in [0.25, 0.3) is 0 Å². The SMILES string of the molecule is CS(=O)(=O)NC1CCN(C(=O)Nc2ccccc2F)CC1. The van der Waals surface area contributed by atoms with Gasteiger partial charge in [-0.15, -0.1) is 0 Å². The van der Waals surface area contributed by atoms with Gasteiger partial charge in [0.2, 0.25) is 10.0 Å². The number of para-hydroxylation sites is 1. The lowest BCUT2D eigenvalue weighted by Gasteiger charge is -2.32. The van der Waals surface area contributed by atoms with E-state index in [0.717, 1.165) is 6.26 Å². The third kappa shape index (κ3) is 4.68. The van der Waals surface area contributed by atoms with Crippen molar-refractivity contribution in [3.8, 4) is 0 Å². The van der Waals surface area contributed by atoms with Crippen LogP contribution in [0, 0.1) is 5.82 Å². The first-order valence-corrected chi connectivity index (χ1v) is 8.52. The number of carbonyl (C=O) groups excluding carboxylic acids is 1. The molecule has 0 aromatic heterocycles. The van der Waals surface area contributed by atoms with Gasteiger partial charge in [-0.2, -0.15) is 0 Å². The standard InChI is InChI=1S/C13H18FN3O3S/c1-21(19,20)16-10-6-8-17(9-7-10)13(18)15-12-5-3-2-4-11(12)14/h2-5,10,16H,6-9H2,1H3,(H,15,18). The number of benzene rings is 1. The van der Waals surface area contributed by atoms with Crippen molar-refractivity contribution in [2.24, 2.45) is 0 Å². The molecular weight excluding hydrogens is 297 g/mol. The van der Waals surface area contributed by atoms with Crippen molar-refractivity contribution in [2.75, 3.05) is 24.7 Å². The normalized spacial score (nSPS) is 16.8. The average molecular weight is 315 g/mol. The van der Waals surface area contributed by atoms with Crippen LogP contribution in [0.4, 0.5) is 14.9 Å². The molecule has 2 amide bonds. The molecule has 1 aliphatic heterocycles. The summed E-state index contributed by atoms with van der Waals surface area (Å²) >= 11 is 0. The molecule has 0 atom stereocenters. The molecule has 1 aromatic rings. The van der Waals surface area contributed by atoms with Gasteiger partial charge in [0.15, 0.2) is 0 Å². The molecule has 1 heterocycles. The molecule has 2 rings (SSSR count). The van der Waals surface area contributed by atoms with Gasteiger partial charge in [-0.25, -0.2) is 22.3 Å². The molecule has 1 aromatic carbocycles. The van der Waals surface area contributed by atoms with Gasteiger partial charge in [0, 0.05) is 19.1 Å². The summed E-state index contributed by atoms with van der Waals surface area (Å²) in [7, 11) is -3.23. The molecule has 0 saturated carbocycles. The van der Waals surface area contributed by atoms with E-state index in [9.17, 15) is 17.6 Å². The molecule has 0 radical (unpaired) electrons. The molecule has 2 N–H and O–H groups in total. The molecule has 1 saturated heterocycles. The van der Waals surface area contributed by atoms with E-state index in [1.165, 1.54) is 12.1 Å². The Morgan fingerprint density at radius 1 is 1.29 bits per heavy atom. The molecule has 0 aliphatic carbocycles. The Morgan fingerprint density at radius 3 is 2.48 bits per heavy atom. The lowest BCUT2D eigenvalue weighted by atomic mass is 10.1. The predicted molar refractivity (Wildman–Crippen MR) is 78.0 cm³/mol. The number of nitrogens with zero attached hydrogens (tertiary/aromatic N) is 1. The van der Waals surface area contributed by atoms with Crippen LogP contribution in [0.5, 0.6) is 0 Å². The maximum absolute atomic E-state index is 13.5. The largest absolute Gasteiger partial charge is 0.324 e. The summed E-state index contributed by atoms with van der Waals surface area (Å²) in [6, 6.07) is 5.42. The van der Waals surface area contributed by atoms with Crippen molar-refractivity contribution in [1.82, 2.24) is 9.62 Å². The number of urea groups is 1. The van der Waals surface area contributed by atoms with E-state index in [-0.39, 0.29) is 17.8 Å². The number of anilines is 1. The molecule has 21 heavy (non-hydrogen) atoms. The van der Waals surface area contributed by atoms with Crippen molar-refractivity contribution in [1.29, 1.82) is 0 Å². The second-order valence-electron chi connectivity index (χ2n) is 5.06. The molecule has 6 nitrogen and oxygen atoms in total. The number of carbonyl (C=O) groups is 1. The fourth-order valence-corrected chi connectivity index (χ4v) is 3.10. The highest BCUT2D eigenvalue weighted by molar-refractivity contribution is 7.88. The van der Waals surface area contributed by atoms with Crippen molar-refractivity contribution >= 4 is 21.7 Å². The van der Waals surface area contributed by atoms with Crippen LogP contribution in [0.15, 0.2) is 24.3 Å². The summed E-state index contributed by atoms with van der Waals surface area (Å²) < 4.78 is 38.3. The highest BCUT2D eigenvalue weighted by Gasteiger charge is 2.24. The van der Waals surface area contributed by atoms with Crippen molar-refractivity contribution in [3.05, 3.63) is 30.1 Å². The second-order valence-corrected chi connectivity index (χ2v) is 6.84. The Balaban J connectivity index is 1.88. The fourth-order valence-electron chi connectivity index (χ4n) is 2.26. The van der Waals surface area contributed by atoms with E-state index in [1.54, 1.807) is 17.0 Å². The molecule has 0 bridgehead atoms. The smallest absolute Gasteiger partial charge is 0.321 e. The van der Waals surface area contributed by atoms with Gasteiger partial charge in [-0.1, -0.05) is 12.1 Å². The summed E-state index contributed by atoms with van der Waals surface area (Å²) in [5, 5.41) is 2.52. The highest BCUT2D eigenvalue weighted by atomic mass is 32.2. The zero-order chi connectivity index (χ0) is 15.5. The lowest BCUT2D eigenvalue weighted by molar-refractivity contribution is 0.193. The quantitative estimate of drug-likeness (QED) is 0.884. The molecule has 1 aliphatic rings. The number of sulfonamides is 1. The van der Waals surface area contributed by atoms with Crippen LogP contribution in [0.25, 0.3) is 0 Å². The Morgan fingerprint density at radius 2 is 1.90 bits per heavy atom. The van der Waals surface area contributed by atoms with Gasteiger partial charge in [-0.3, -0.25) is 0 Å². The Bertz CT molecular complexity index is 613. The van der Waals surface area contributed by atoms with Gasteiger partial charge in [-0.05, 0) is 25.0 Å². The van der Waals surface area contributed by atoms with Crippen molar-refractivity contribution in [2.45, 2.75) is 18.9 Å². The van der Waals surface area contributed by atoms with Gasteiger partial charge < -0.3 is 10.2 Å². The Kier molecular flexibility index (Phi) is 4.79. The number of piperidine rings is 1. The summed E-state index contributed by atoms with van der Waals surface area (Å²) in [6.07, 6.45) is 2.19. The number of rotatable bonds is 3. The minimum atomic E-state index is -3.23. The Hall–Kier alpha value is -1.67. The maximum atomic E-state index is 13.5. The van der Waals surface area contributed by atoms with Gasteiger partial charge in [0.05, 0.1) is 11.9 Å². The summed E-state index contributed by atoms with van der Waals surface area (Å²) in [5.41, 5.74) is 0.138. The van der Waals surface area contributed by atoms with E-state index in [0.29, 0.717) is 25.9 Å². The molecular formula is C13H18FN3O3S. The van der Waals surface area contributed by atoms with Crippen LogP contribution in [0.1, 0.15) is 12.8 Å². The van der Waals surface area contributed by atoms with E-state index < -0.39 is 15.8 Å². The summed E-state index contributed by atoms with van der Waals surface area (Å²) in [6.45, 7) is 0.848. The number of halogens is 1. The summed E-state index contributed by atoms with van der Waals surface area (Å²) in [4.78, 5) is 13.6. The lowest BCUT2D eigenvalue weighted by Crippen LogP contribution is -2.47. The van der Waals surface area contributed by atoms with E-state index in [4.69, 9.17) is 0 Å². The third-order valence-corrected chi connectivity index (χ3v) is 4.04. The molecule has 0 unspecified atom stereocenters. The predicted octanol–water partition coefficient (Wildman–Crippen LogP) is 1.37. The molecule has 116 valence electrons. The molecule has 1 fully saturated rings. The number of hydrogen-bond acceptors (Lipinski definition) is 3. The summed E-state index contributed by atoms with van der Waals surface area (Å²) in [5.74, 6) is -0.487. The number of nitrogens with one attached hydrogen (secondary N) is 2. The van der Waals surface area contributed by atoms with E-state index in [2.05, 4.69) is 10.0 Å². The van der Waals surface area contributed by atoms with Crippen molar-refractivity contribution < 1.29 is 17.6 Å². The second kappa shape index (κ2) is 6.40. The van der Waals surface area contributed by atoms with Crippen molar-refractivity contribution in [3.63, 3.8) is 0 Å². The highest BCUT2D eigenvalue weighted by Crippen LogP contribution is 2.16. The first kappa shape index (κ1) is 15.7. The first-order chi connectivity index (χ1) is 9.85. The third-order valence-electron chi connectivity index (χ3n) is 3.28. The zero-order valence-electron chi connectivity index (χ0n) is 11.7. The van der Waals surface area contributed by atoms with Crippen LogP contribution < -0.4 is 10.0 Å². The molecule has 0 spiro atoms. The van der Waals surface area contributed by atoms with Crippen LogP contribution in [-0.2, 0) is 10.0 Å². The minimum Gasteiger partial charge on any atom is -0.324 e.